The van der Waals surface area contributed by atoms with Crippen LogP contribution in [0.5, 0.6) is 0 Å². The first-order valence-electron chi connectivity index (χ1n) is 13.7. The lowest BCUT2D eigenvalue weighted by molar-refractivity contribution is -0.146. The molecule has 214 valence electrons. The van der Waals surface area contributed by atoms with E-state index in [1.54, 1.807) is 36.4 Å². The Labute approximate surface area is 262 Å². The molecule has 1 aliphatic heterocycles. The number of imide groups is 1. The molecule has 1 fully saturated rings. The Morgan fingerprint density at radius 3 is 1.70 bits per heavy atom. The van der Waals surface area contributed by atoms with Gasteiger partial charge in [-0.2, -0.15) is 0 Å². The van der Waals surface area contributed by atoms with E-state index < -0.39 is 45.3 Å². The quantitative estimate of drug-likeness (QED) is 0.155. The highest BCUT2D eigenvalue weighted by Crippen LogP contribution is 2.69. The van der Waals surface area contributed by atoms with Gasteiger partial charge in [0.15, 0.2) is 5.78 Å². The summed E-state index contributed by atoms with van der Waals surface area (Å²) in [5, 5.41) is 3.06. The summed E-state index contributed by atoms with van der Waals surface area (Å²) in [6, 6.07) is 26.6. The Hall–Kier alpha value is -3.97. The van der Waals surface area contributed by atoms with Crippen LogP contribution in [0.2, 0.25) is 5.02 Å². The molecule has 43 heavy (non-hydrogen) atoms. The number of ketones is 1. The molecular weight excluding hydrogens is 607 g/mol. The molecule has 0 saturated carbocycles. The molecule has 2 bridgehead atoms. The molecule has 4 aromatic rings. The zero-order chi connectivity index (χ0) is 30.3. The van der Waals surface area contributed by atoms with E-state index in [0.717, 1.165) is 4.90 Å². The summed E-state index contributed by atoms with van der Waals surface area (Å²) in [4.78, 5) is 53.7. The van der Waals surface area contributed by atoms with Gasteiger partial charge in [-0.3, -0.25) is 24.1 Å². The minimum Gasteiger partial charge on any atom is -0.324 e. The number of alkyl halides is 2. The lowest BCUT2D eigenvalue weighted by atomic mass is 9.54. The largest absolute Gasteiger partial charge is 0.324 e. The maximum atomic E-state index is 14.2. The van der Waals surface area contributed by atoms with Gasteiger partial charge >= 0.3 is 0 Å². The molecule has 3 atom stereocenters. The smallest absolute Gasteiger partial charge is 0.247 e. The normalized spacial score (nSPS) is 25.5. The number of carbonyl (C=O) groups is 4. The Morgan fingerprint density at radius 2 is 1.21 bits per heavy atom. The molecule has 6 nitrogen and oxygen atoms in total. The molecule has 8 rings (SSSR count). The second kappa shape index (κ2) is 9.78. The van der Waals surface area contributed by atoms with Gasteiger partial charge in [-0.25, -0.2) is 0 Å². The Balaban J connectivity index is 1.25. The predicted molar refractivity (Wildman–Crippen MR) is 164 cm³/mol. The first-order valence-corrected chi connectivity index (χ1v) is 14.9. The molecule has 1 N–H and O–H groups in total. The Morgan fingerprint density at radius 1 is 0.744 bits per heavy atom. The van der Waals surface area contributed by atoms with E-state index in [2.05, 4.69) is 5.32 Å². The van der Waals surface area contributed by atoms with Crippen molar-refractivity contribution in [3.8, 4) is 0 Å². The van der Waals surface area contributed by atoms with Crippen LogP contribution in [0.1, 0.15) is 45.1 Å². The third-order valence-corrected chi connectivity index (χ3v) is 10.4. The second-order valence-corrected chi connectivity index (χ2v) is 12.7. The van der Waals surface area contributed by atoms with Gasteiger partial charge in [-0.15, -0.1) is 23.2 Å². The fourth-order valence-corrected chi connectivity index (χ4v) is 8.25. The molecule has 1 heterocycles. The van der Waals surface area contributed by atoms with Crippen molar-refractivity contribution in [1.82, 2.24) is 4.90 Å². The number of hydrogen-bond donors (Lipinski definition) is 1. The Bertz CT molecular complexity index is 1750. The third-order valence-electron chi connectivity index (χ3n) is 8.91. The van der Waals surface area contributed by atoms with E-state index >= 15 is 0 Å². The number of rotatable bonds is 5. The number of nitrogens with one attached hydrogen (secondary N) is 1. The molecule has 3 aliphatic carbocycles. The number of hydrogen-bond acceptors (Lipinski definition) is 4. The average Bonchev–Trinajstić information content (AvgIpc) is 3.31. The van der Waals surface area contributed by atoms with Crippen LogP contribution in [0.3, 0.4) is 0 Å². The van der Waals surface area contributed by atoms with Crippen molar-refractivity contribution in [2.75, 3.05) is 5.32 Å². The predicted octanol–water partition coefficient (Wildman–Crippen LogP) is 6.49. The van der Waals surface area contributed by atoms with Crippen molar-refractivity contribution in [1.29, 1.82) is 0 Å². The van der Waals surface area contributed by atoms with Crippen LogP contribution in [-0.4, -0.2) is 34.4 Å². The van der Waals surface area contributed by atoms with Crippen LogP contribution < -0.4 is 5.32 Å². The van der Waals surface area contributed by atoms with Gasteiger partial charge in [0.2, 0.25) is 17.7 Å². The van der Waals surface area contributed by atoms with E-state index in [9.17, 15) is 19.2 Å². The zero-order valence-corrected chi connectivity index (χ0v) is 25.0. The maximum absolute atomic E-state index is 14.2. The zero-order valence-electron chi connectivity index (χ0n) is 22.7. The van der Waals surface area contributed by atoms with Gasteiger partial charge < -0.3 is 5.32 Å². The first kappa shape index (κ1) is 27.8. The van der Waals surface area contributed by atoms with Gasteiger partial charge in [0.05, 0.1) is 17.5 Å². The lowest BCUT2D eigenvalue weighted by Gasteiger charge is -2.54. The molecular formula is C34H23Cl3N2O4. The van der Waals surface area contributed by atoms with Crippen LogP contribution in [0, 0.1) is 11.8 Å². The standard InChI is InChI=1S/C34H23Cl3N2O4/c1-18(30(41)38-26-16-15-20(35)17-21(26)29(40)19-9-3-2-4-10-19)39-31(42)27-28(32(39)43)34(37)23-12-6-5-11-22(23)33(27,36)24-13-7-8-14-25(24)34/h2-18,27-28H,1H3,(H,38,41)/t18-,27-,28-,33?,34?/m1/s1. The van der Waals surface area contributed by atoms with E-state index in [1.165, 1.54) is 19.1 Å². The highest BCUT2D eigenvalue weighted by molar-refractivity contribution is 6.36. The van der Waals surface area contributed by atoms with E-state index in [1.807, 2.05) is 48.5 Å². The number of likely N-dealkylation sites (tertiary alicyclic amines) is 1. The van der Waals surface area contributed by atoms with E-state index in [4.69, 9.17) is 34.8 Å². The number of nitrogens with zero attached hydrogens (tertiary/aromatic N) is 1. The summed E-state index contributed by atoms with van der Waals surface area (Å²) in [7, 11) is 0. The van der Waals surface area contributed by atoms with Gasteiger partial charge in [-0.05, 0) is 47.4 Å². The summed E-state index contributed by atoms with van der Waals surface area (Å²) in [5.41, 5.74) is 3.50. The number of halogens is 3. The molecule has 1 saturated heterocycles. The van der Waals surface area contributed by atoms with Crippen LogP contribution in [0.15, 0.2) is 97.1 Å². The Kier molecular flexibility index (Phi) is 6.33. The van der Waals surface area contributed by atoms with E-state index in [-0.39, 0.29) is 17.0 Å². The van der Waals surface area contributed by atoms with Crippen molar-refractivity contribution in [3.05, 3.63) is 135 Å². The minimum absolute atomic E-state index is 0.176. The monoisotopic (exact) mass is 628 g/mol. The number of amides is 3. The summed E-state index contributed by atoms with van der Waals surface area (Å²) in [5.74, 6) is -4.18. The van der Waals surface area contributed by atoms with Gasteiger partial charge in [-0.1, -0.05) is 90.5 Å². The lowest BCUT2D eigenvalue weighted by Crippen LogP contribution is -2.57. The molecule has 3 amide bonds. The highest BCUT2D eigenvalue weighted by atomic mass is 35.5. The van der Waals surface area contributed by atoms with Crippen molar-refractivity contribution in [2.45, 2.75) is 22.7 Å². The van der Waals surface area contributed by atoms with Crippen LogP contribution in [0.4, 0.5) is 5.69 Å². The maximum Gasteiger partial charge on any atom is 0.247 e. The summed E-state index contributed by atoms with van der Waals surface area (Å²) in [6.45, 7) is 1.47. The number of benzene rings is 4. The van der Waals surface area contributed by atoms with Crippen LogP contribution >= 0.6 is 34.8 Å². The van der Waals surface area contributed by atoms with Gasteiger partial charge in [0.25, 0.3) is 0 Å². The molecule has 4 aliphatic rings. The molecule has 4 aromatic carbocycles. The third kappa shape index (κ3) is 3.73. The van der Waals surface area contributed by atoms with Crippen molar-refractivity contribution in [2.24, 2.45) is 11.8 Å². The molecule has 0 unspecified atom stereocenters. The molecule has 0 radical (unpaired) electrons. The molecule has 0 aromatic heterocycles. The van der Waals surface area contributed by atoms with E-state index in [0.29, 0.717) is 32.8 Å². The average molecular weight is 630 g/mol. The highest BCUT2D eigenvalue weighted by Gasteiger charge is 2.73. The topological polar surface area (TPSA) is 83.6 Å². The molecule has 9 heteroatoms. The van der Waals surface area contributed by atoms with Gasteiger partial charge in [0.1, 0.15) is 15.8 Å². The molecule has 0 spiro atoms. The van der Waals surface area contributed by atoms with Crippen LogP contribution in [-0.2, 0) is 24.1 Å². The summed E-state index contributed by atoms with van der Waals surface area (Å²) in [6.07, 6.45) is 0. The van der Waals surface area contributed by atoms with Crippen molar-refractivity contribution >= 4 is 64.0 Å². The first-order chi connectivity index (χ1) is 20.6. The SMILES string of the molecule is C[C@H](C(=O)Nc1ccc(Cl)cc1C(=O)c1ccccc1)N1C(=O)[C@H]2[C@H](C1=O)C1(Cl)c3ccccc3C2(Cl)c2ccccc21. The number of carbonyl (C=O) groups excluding carboxylic acids is 4. The van der Waals surface area contributed by atoms with Crippen molar-refractivity contribution < 1.29 is 19.2 Å². The fourth-order valence-electron chi connectivity index (χ4n) is 6.98. The fraction of sp³-hybridized carbons (Fsp3) is 0.176. The summed E-state index contributed by atoms with van der Waals surface area (Å²) < 4.78 is 0. The minimum atomic E-state index is -1.35. The van der Waals surface area contributed by atoms with Crippen molar-refractivity contribution in [3.63, 3.8) is 0 Å². The summed E-state index contributed by atoms with van der Waals surface area (Å²) >= 11 is 21.2. The van der Waals surface area contributed by atoms with Gasteiger partial charge in [0, 0.05) is 16.1 Å². The second-order valence-electron chi connectivity index (χ2n) is 11.1. The van der Waals surface area contributed by atoms with Crippen LogP contribution in [0.25, 0.3) is 0 Å². The number of anilines is 1.